The number of pyridine rings is 1. The number of amides is 1. The van der Waals surface area contributed by atoms with E-state index in [4.69, 9.17) is 11.6 Å². The topological polar surface area (TPSA) is 83.6 Å². The van der Waals surface area contributed by atoms with Crippen LogP contribution < -0.4 is 5.32 Å². The molecule has 0 bridgehead atoms. The number of rotatable bonds is 5. The maximum Gasteiger partial charge on any atom is 0.276 e. The van der Waals surface area contributed by atoms with E-state index in [0.717, 1.165) is 34.9 Å². The van der Waals surface area contributed by atoms with Gasteiger partial charge in [0, 0.05) is 39.5 Å². The highest BCUT2D eigenvalue weighted by atomic mass is 35.5. The maximum atomic E-state index is 12.1. The zero-order valence-corrected chi connectivity index (χ0v) is 17.5. The molecule has 1 amide bonds. The van der Waals surface area contributed by atoms with Gasteiger partial charge in [0.1, 0.15) is 17.3 Å². The molecule has 4 aromatic rings. The van der Waals surface area contributed by atoms with Crippen LogP contribution in [0.5, 0.6) is 0 Å². The highest BCUT2D eigenvalue weighted by Crippen LogP contribution is 2.49. The van der Waals surface area contributed by atoms with Gasteiger partial charge in [-0.25, -0.2) is 15.0 Å². The van der Waals surface area contributed by atoms with E-state index in [1.54, 1.807) is 23.2 Å². The quantitative estimate of drug-likeness (QED) is 0.445. The zero-order valence-electron chi connectivity index (χ0n) is 15.9. The summed E-state index contributed by atoms with van der Waals surface area (Å²) in [4.78, 5) is 28.5. The van der Waals surface area contributed by atoms with Gasteiger partial charge in [0.05, 0.1) is 5.51 Å². The van der Waals surface area contributed by atoms with Crippen molar-refractivity contribution in [2.75, 3.05) is 5.32 Å². The summed E-state index contributed by atoms with van der Waals surface area (Å²) in [6.45, 7) is 0. The Morgan fingerprint density at radius 3 is 2.70 bits per heavy atom. The van der Waals surface area contributed by atoms with Gasteiger partial charge in [-0.1, -0.05) is 30.2 Å². The number of hydrogen-bond acceptors (Lipinski definition) is 5. The van der Waals surface area contributed by atoms with E-state index >= 15 is 0 Å². The zero-order chi connectivity index (χ0) is 20.6. The molecule has 0 aliphatic heterocycles. The molecule has 0 radical (unpaired) electrons. The Morgan fingerprint density at radius 1 is 1.13 bits per heavy atom. The molecule has 0 saturated heterocycles. The highest BCUT2D eigenvalue weighted by molar-refractivity contribution is 7.07. The first-order valence-corrected chi connectivity index (χ1v) is 10.9. The molecule has 1 saturated carbocycles. The van der Waals surface area contributed by atoms with Gasteiger partial charge in [0.25, 0.3) is 5.91 Å². The molecule has 5 rings (SSSR count). The van der Waals surface area contributed by atoms with Crippen LogP contribution >= 0.6 is 22.9 Å². The number of aromatic amines is 1. The van der Waals surface area contributed by atoms with Crippen molar-refractivity contribution in [1.82, 2.24) is 19.9 Å². The molecule has 0 atom stereocenters. The van der Waals surface area contributed by atoms with Crippen LogP contribution in [0.2, 0.25) is 5.02 Å². The highest BCUT2D eigenvalue weighted by Gasteiger charge is 2.42. The fourth-order valence-electron chi connectivity index (χ4n) is 3.85. The molecule has 0 unspecified atom stereocenters. The molecule has 1 fully saturated rings. The van der Waals surface area contributed by atoms with Crippen LogP contribution in [0, 0.1) is 0 Å². The molecule has 8 heteroatoms. The Morgan fingerprint density at radius 2 is 2.03 bits per heavy atom. The van der Waals surface area contributed by atoms with E-state index in [-0.39, 0.29) is 11.3 Å². The summed E-state index contributed by atoms with van der Waals surface area (Å²) in [6.07, 6.45) is 6.92. The van der Waals surface area contributed by atoms with Crippen molar-refractivity contribution in [3.8, 4) is 11.4 Å². The number of imidazole rings is 1. The third kappa shape index (κ3) is 3.40. The second-order valence-corrected chi connectivity index (χ2v) is 8.51. The summed E-state index contributed by atoms with van der Waals surface area (Å²) in [5.41, 5.74) is 5.10. The fourth-order valence-corrected chi connectivity index (χ4v) is 4.58. The molecule has 3 heterocycles. The summed E-state index contributed by atoms with van der Waals surface area (Å²) in [7, 11) is 0. The minimum Gasteiger partial charge on any atom is -0.341 e. The number of aromatic nitrogens is 4. The summed E-state index contributed by atoms with van der Waals surface area (Å²) < 4.78 is 0. The molecule has 2 N–H and O–H groups in total. The van der Waals surface area contributed by atoms with Crippen molar-refractivity contribution in [3.05, 3.63) is 81.7 Å². The van der Waals surface area contributed by atoms with Crippen molar-refractivity contribution in [2.45, 2.75) is 24.7 Å². The SMILES string of the molecule is O=C(Nc1ccc(-c2ncc(C3(c4cccc(Cl)c4)CCC3)[nH]2)cn1)c1cscn1. The van der Waals surface area contributed by atoms with Crippen molar-refractivity contribution in [1.29, 1.82) is 0 Å². The first kappa shape index (κ1) is 19.0. The summed E-state index contributed by atoms with van der Waals surface area (Å²) in [6, 6.07) is 11.7. The van der Waals surface area contributed by atoms with Gasteiger partial charge >= 0.3 is 0 Å². The number of carbonyl (C=O) groups excluding carboxylic acids is 1. The smallest absolute Gasteiger partial charge is 0.276 e. The Labute approximate surface area is 182 Å². The minimum absolute atomic E-state index is 0.0645. The average molecular weight is 436 g/mol. The molecular weight excluding hydrogens is 418 g/mol. The molecule has 6 nitrogen and oxygen atoms in total. The van der Waals surface area contributed by atoms with Crippen molar-refractivity contribution in [3.63, 3.8) is 0 Å². The van der Waals surface area contributed by atoms with Gasteiger partial charge in [0.2, 0.25) is 0 Å². The Hall–Kier alpha value is -3.03. The Kier molecular flexibility index (Phi) is 4.84. The second kappa shape index (κ2) is 7.66. The van der Waals surface area contributed by atoms with Crippen LogP contribution in [0.15, 0.2) is 59.7 Å². The average Bonchev–Trinajstić information content (AvgIpc) is 3.41. The minimum atomic E-state index is -0.273. The van der Waals surface area contributed by atoms with Crippen LogP contribution in [-0.4, -0.2) is 25.8 Å². The molecule has 1 aliphatic rings. The lowest BCUT2D eigenvalue weighted by Crippen LogP contribution is -2.35. The van der Waals surface area contributed by atoms with Gasteiger partial charge in [-0.05, 0) is 42.7 Å². The first-order valence-electron chi connectivity index (χ1n) is 9.62. The van der Waals surface area contributed by atoms with Gasteiger partial charge < -0.3 is 10.3 Å². The van der Waals surface area contributed by atoms with Gasteiger partial charge in [-0.2, -0.15) is 0 Å². The van der Waals surface area contributed by atoms with Gasteiger partial charge in [-0.15, -0.1) is 11.3 Å². The van der Waals surface area contributed by atoms with Crippen molar-refractivity contribution < 1.29 is 4.79 Å². The largest absolute Gasteiger partial charge is 0.341 e. The standard InChI is InChI=1S/C22H18ClN5OS/c23-16-4-1-3-15(9-16)22(7-2-8-22)18-11-25-20(27-18)14-5-6-19(24-10-14)28-21(29)17-12-30-13-26-17/h1,3-6,9-13H,2,7-8H2,(H,25,27)(H,24,28,29). The van der Waals surface area contributed by atoms with E-state index in [2.05, 4.69) is 31.3 Å². The van der Waals surface area contributed by atoms with E-state index in [1.807, 2.05) is 30.5 Å². The Bertz CT molecular complexity index is 1180. The lowest BCUT2D eigenvalue weighted by Gasteiger charge is -2.41. The lowest BCUT2D eigenvalue weighted by molar-refractivity contribution is 0.102. The third-order valence-electron chi connectivity index (χ3n) is 5.62. The number of nitrogens with zero attached hydrogens (tertiary/aromatic N) is 3. The monoisotopic (exact) mass is 435 g/mol. The summed E-state index contributed by atoms with van der Waals surface area (Å²) in [5.74, 6) is 0.950. The summed E-state index contributed by atoms with van der Waals surface area (Å²) >= 11 is 7.61. The van der Waals surface area contributed by atoms with E-state index in [0.29, 0.717) is 11.5 Å². The first-order chi connectivity index (χ1) is 14.6. The molecule has 1 aliphatic carbocycles. The number of anilines is 1. The normalized spacial score (nSPS) is 14.8. The predicted molar refractivity (Wildman–Crippen MR) is 118 cm³/mol. The number of nitrogens with one attached hydrogen (secondary N) is 2. The molecule has 1 aromatic carbocycles. The van der Waals surface area contributed by atoms with Gasteiger partial charge in [0.15, 0.2) is 0 Å². The molecule has 30 heavy (non-hydrogen) atoms. The number of carbonyl (C=O) groups is 1. The molecule has 0 spiro atoms. The second-order valence-electron chi connectivity index (χ2n) is 7.35. The number of H-pyrrole nitrogens is 1. The van der Waals surface area contributed by atoms with Crippen molar-refractivity contribution >= 4 is 34.7 Å². The molecular formula is C22H18ClN5OS. The van der Waals surface area contributed by atoms with E-state index < -0.39 is 0 Å². The van der Waals surface area contributed by atoms with Crippen molar-refractivity contribution in [2.24, 2.45) is 0 Å². The maximum absolute atomic E-state index is 12.1. The predicted octanol–water partition coefficient (Wildman–Crippen LogP) is 5.30. The lowest BCUT2D eigenvalue weighted by atomic mass is 9.63. The van der Waals surface area contributed by atoms with Crippen LogP contribution in [0.1, 0.15) is 41.0 Å². The third-order valence-corrected chi connectivity index (χ3v) is 6.44. The van der Waals surface area contributed by atoms with E-state index in [9.17, 15) is 4.79 Å². The number of hydrogen-bond donors (Lipinski definition) is 2. The van der Waals surface area contributed by atoms with Crippen LogP contribution in [0.3, 0.4) is 0 Å². The van der Waals surface area contributed by atoms with Crippen LogP contribution in [0.25, 0.3) is 11.4 Å². The van der Waals surface area contributed by atoms with Crippen LogP contribution in [0.4, 0.5) is 5.82 Å². The fraction of sp³-hybridized carbons (Fsp3) is 0.182. The number of halogens is 1. The van der Waals surface area contributed by atoms with Crippen LogP contribution in [-0.2, 0) is 5.41 Å². The number of benzene rings is 1. The van der Waals surface area contributed by atoms with E-state index in [1.165, 1.54) is 23.3 Å². The molecule has 3 aromatic heterocycles. The summed E-state index contributed by atoms with van der Waals surface area (Å²) in [5, 5.41) is 5.20. The van der Waals surface area contributed by atoms with Gasteiger partial charge in [-0.3, -0.25) is 4.79 Å². The molecule has 150 valence electrons. The Balaban J connectivity index is 1.37. The number of thiazole rings is 1.